The Morgan fingerprint density at radius 3 is 1.96 bits per heavy atom. The number of alkyl carbamates (subject to hydrolysis) is 1. The van der Waals surface area contributed by atoms with Gasteiger partial charge >= 0.3 is 12.2 Å². The first-order valence-corrected chi connectivity index (χ1v) is 8.49. The molecule has 1 N–H and O–H groups in total. The molecule has 1 atom stereocenters. The van der Waals surface area contributed by atoms with Crippen LogP contribution in [0.4, 0.5) is 15.3 Å². The number of rotatable bonds is 4. The first-order valence-electron chi connectivity index (χ1n) is 8.49. The number of para-hydroxylation sites is 1. The van der Waals surface area contributed by atoms with Crippen molar-refractivity contribution < 1.29 is 19.1 Å². The third-order valence-corrected chi connectivity index (χ3v) is 3.01. The number of anilines is 1. The third kappa shape index (κ3) is 7.45. The van der Waals surface area contributed by atoms with Crippen LogP contribution in [0, 0.1) is 0 Å². The van der Waals surface area contributed by atoms with E-state index in [1.165, 1.54) is 4.90 Å². The highest BCUT2D eigenvalue weighted by atomic mass is 16.6. The molecule has 2 amide bonds. The van der Waals surface area contributed by atoms with Gasteiger partial charge in [-0.1, -0.05) is 25.1 Å². The number of hydrogen-bond acceptors (Lipinski definition) is 4. The first-order chi connectivity index (χ1) is 11.4. The van der Waals surface area contributed by atoms with Crippen molar-refractivity contribution in [1.29, 1.82) is 0 Å². The molecule has 0 aliphatic heterocycles. The Bertz CT molecular complexity index is 573. The van der Waals surface area contributed by atoms with Crippen molar-refractivity contribution >= 4 is 17.9 Å². The van der Waals surface area contributed by atoms with Crippen molar-refractivity contribution in [2.24, 2.45) is 0 Å². The number of hydrogen-bond donors (Lipinski definition) is 1. The summed E-state index contributed by atoms with van der Waals surface area (Å²) in [4.78, 5) is 26.3. The van der Waals surface area contributed by atoms with E-state index in [1.54, 1.807) is 53.7 Å². The number of nitrogens with zero attached hydrogens (tertiary/aromatic N) is 1. The molecule has 0 aliphatic carbocycles. The maximum Gasteiger partial charge on any atom is 0.416 e. The van der Waals surface area contributed by atoms with Gasteiger partial charge in [0.05, 0.1) is 0 Å². The number of amides is 2. The van der Waals surface area contributed by atoms with Crippen molar-refractivity contribution in [3.05, 3.63) is 30.3 Å². The number of ether oxygens (including phenoxy) is 2. The Morgan fingerprint density at radius 2 is 1.52 bits per heavy atom. The number of carbonyl (C=O) groups excluding carboxylic acids is 2. The summed E-state index contributed by atoms with van der Waals surface area (Å²) in [5.41, 5.74) is -0.625. The largest absolute Gasteiger partial charge is 0.444 e. The monoisotopic (exact) mass is 350 g/mol. The molecular weight excluding hydrogens is 320 g/mol. The maximum absolute atomic E-state index is 12.7. The fourth-order valence-corrected chi connectivity index (χ4v) is 2.11. The molecule has 1 aromatic rings. The van der Waals surface area contributed by atoms with Crippen LogP contribution in [-0.2, 0) is 9.47 Å². The zero-order valence-electron chi connectivity index (χ0n) is 16.3. The van der Waals surface area contributed by atoms with Crippen molar-refractivity contribution in [2.45, 2.75) is 72.3 Å². The van der Waals surface area contributed by atoms with Gasteiger partial charge < -0.3 is 14.8 Å². The maximum atomic E-state index is 12.7. The summed E-state index contributed by atoms with van der Waals surface area (Å²) in [7, 11) is 0. The molecule has 6 heteroatoms. The SMILES string of the molecule is CCC(NC(=O)OC(C)(C)C)N(C(=O)OC(C)(C)C)c1ccccc1. The van der Waals surface area contributed by atoms with E-state index in [0.29, 0.717) is 12.1 Å². The minimum absolute atomic E-state index is 0.493. The number of benzene rings is 1. The second-order valence-electron chi connectivity index (χ2n) is 7.76. The van der Waals surface area contributed by atoms with Gasteiger partial charge in [0.2, 0.25) is 0 Å². The molecular formula is C19H30N2O4. The topological polar surface area (TPSA) is 67.9 Å². The molecule has 6 nitrogen and oxygen atoms in total. The molecule has 0 radical (unpaired) electrons. The summed E-state index contributed by atoms with van der Waals surface area (Å²) in [5.74, 6) is 0. The first kappa shape index (κ1) is 20.8. The Labute approximate surface area is 150 Å². The predicted molar refractivity (Wildman–Crippen MR) is 98.6 cm³/mol. The summed E-state index contributed by atoms with van der Waals surface area (Å²) >= 11 is 0. The Balaban J connectivity index is 3.07. The summed E-state index contributed by atoms with van der Waals surface area (Å²) in [6.45, 7) is 12.6. The van der Waals surface area contributed by atoms with Gasteiger partial charge in [0.15, 0.2) is 0 Å². The van der Waals surface area contributed by atoms with Crippen LogP contribution in [0.15, 0.2) is 30.3 Å². The molecule has 25 heavy (non-hydrogen) atoms. The normalized spacial score (nSPS) is 12.9. The molecule has 140 valence electrons. The van der Waals surface area contributed by atoms with Gasteiger partial charge in [-0.3, -0.25) is 4.90 Å². The average molecular weight is 350 g/mol. The average Bonchev–Trinajstić information content (AvgIpc) is 2.43. The molecule has 0 heterocycles. The molecule has 1 aromatic carbocycles. The van der Waals surface area contributed by atoms with E-state index < -0.39 is 29.6 Å². The summed E-state index contributed by atoms with van der Waals surface area (Å²) in [5, 5.41) is 2.75. The zero-order valence-corrected chi connectivity index (χ0v) is 16.3. The molecule has 1 unspecified atom stereocenters. The van der Waals surface area contributed by atoms with E-state index in [2.05, 4.69) is 5.32 Å². The lowest BCUT2D eigenvalue weighted by Gasteiger charge is -2.34. The highest BCUT2D eigenvalue weighted by Crippen LogP contribution is 2.21. The Hall–Kier alpha value is -2.24. The fourth-order valence-electron chi connectivity index (χ4n) is 2.11. The van der Waals surface area contributed by atoms with Crippen molar-refractivity contribution in [3.63, 3.8) is 0 Å². The fraction of sp³-hybridized carbons (Fsp3) is 0.579. The van der Waals surface area contributed by atoms with Crippen LogP contribution in [0.2, 0.25) is 0 Å². The van der Waals surface area contributed by atoms with Gasteiger partial charge in [-0.25, -0.2) is 9.59 Å². The minimum atomic E-state index is -0.645. The Morgan fingerprint density at radius 1 is 1.00 bits per heavy atom. The van der Waals surface area contributed by atoms with Crippen LogP contribution in [-0.4, -0.2) is 29.6 Å². The van der Waals surface area contributed by atoms with Gasteiger partial charge in [0.1, 0.15) is 17.4 Å². The smallest absolute Gasteiger partial charge is 0.416 e. The van der Waals surface area contributed by atoms with E-state index in [0.717, 1.165) is 0 Å². The van der Waals surface area contributed by atoms with Crippen LogP contribution < -0.4 is 10.2 Å². The van der Waals surface area contributed by atoms with Crippen LogP contribution in [0.1, 0.15) is 54.9 Å². The molecule has 0 bridgehead atoms. The van der Waals surface area contributed by atoms with Gasteiger partial charge in [-0.05, 0) is 60.1 Å². The van der Waals surface area contributed by atoms with Crippen LogP contribution in [0.3, 0.4) is 0 Å². The summed E-state index contributed by atoms with van der Waals surface area (Å²) in [6.07, 6.45) is -1.20. The lowest BCUT2D eigenvalue weighted by atomic mass is 10.2. The van der Waals surface area contributed by atoms with Gasteiger partial charge in [-0.2, -0.15) is 0 Å². The summed E-state index contributed by atoms with van der Waals surface area (Å²) < 4.78 is 10.8. The van der Waals surface area contributed by atoms with Crippen LogP contribution in [0.5, 0.6) is 0 Å². The van der Waals surface area contributed by atoms with Crippen LogP contribution >= 0.6 is 0 Å². The van der Waals surface area contributed by atoms with Crippen molar-refractivity contribution in [2.75, 3.05) is 4.90 Å². The lowest BCUT2D eigenvalue weighted by Crippen LogP contribution is -2.53. The van der Waals surface area contributed by atoms with Crippen molar-refractivity contribution in [3.8, 4) is 0 Å². The van der Waals surface area contributed by atoms with Crippen LogP contribution in [0.25, 0.3) is 0 Å². The molecule has 0 saturated carbocycles. The second kappa shape index (κ2) is 8.23. The van der Waals surface area contributed by atoms with E-state index in [1.807, 2.05) is 25.1 Å². The highest BCUT2D eigenvalue weighted by molar-refractivity contribution is 5.89. The van der Waals surface area contributed by atoms with Crippen molar-refractivity contribution in [1.82, 2.24) is 5.32 Å². The van der Waals surface area contributed by atoms with E-state index in [9.17, 15) is 9.59 Å². The molecule has 0 fully saturated rings. The zero-order chi connectivity index (χ0) is 19.3. The standard InChI is InChI=1S/C19H30N2O4/c1-8-15(20-16(22)24-18(2,3)4)21(14-12-10-9-11-13-14)17(23)25-19(5,6)7/h9-13,15H,8H2,1-7H3,(H,20,22). The minimum Gasteiger partial charge on any atom is -0.444 e. The number of nitrogens with one attached hydrogen (secondary N) is 1. The third-order valence-electron chi connectivity index (χ3n) is 3.01. The predicted octanol–water partition coefficient (Wildman–Crippen LogP) is 4.69. The van der Waals surface area contributed by atoms with E-state index in [-0.39, 0.29) is 0 Å². The van der Waals surface area contributed by atoms with Gasteiger partial charge in [0.25, 0.3) is 0 Å². The molecule has 0 aromatic heterocycles. The number of carbonyl (C=O) groups is 2. The molecule has 0 aliphatic rings. The molecule has 0 saturated heterocycles. The van der Waals surface area contributed by atoms with E-state index >= 15 is 0 Å². The molecule has 1 rings (SSSR count). The summed E-state index contributed by atoms with van der Waals surface area (Å²) in [6, 6.07) is 9.10. The van der Waals surface area contributed by atoms with Gasteiger partial charge in [0, 0.05) is 5.69 Å². The van der Waals surface area contributed by atoms with E-state index in [4.69, 9.17) is 9.47 Å². The Kier molecular flexibility index (Phi) is 6.85. The lowest BCUT2D eigenvalue weighted by molar-refractivity contribution is 0.0468. The second-order valence-corrected chi connectivity index (χ2v) is 7.76. The molecule has 0 spiro atoms. The highest BCUT2D eigenvalue weighted by Gasteiger charge is 2.31. The quantitative estimate of drug-likeness (QED) is 0.800. The van der Waals surface area contributed by atoms with Gasteiger partial charge in [-0.15, -0.1) is 0 Å².